The summed E-state index contributed by atoms with van der Waals surface area (Å²) < 4.78 is 10.7. The van der Waals surface area contributed by atoms with E-state index < -0.39 is 0 Å². The Morgan fingerprint density at radius 1 is 1.26 bits per heavy atom. The summed E-state index contributed by atoms with van der Waals surface area (Å²) in [7, 11) is 3.80. The molecule has 1 aromatic carbocycles. The summed E-state index contributed by atoms with van der Waals surface area (Å²) in [4.78, 5) is 2.28. The molecule has 0 aliphatic rings. The molecule has 0 aliphatic heterocycles. The summed E-state index contributed by atoms with van der Waals surface area (Å²) in [6.45, 7) is 5.22. The molecule has 0 radical (unpaired) electrons. The van der Waals surface area contributed by atoms with E-state index in [2.05, 4.69) is 24.1 Å². The number of nitrogens with zero attached hydrogens (tertiary/aromatic N) is 1. The Labute approximate surface area is 116 Å². The molecular formula is C15H26N2O2. The quantitative estimate of drug-likeness (QED) is 0.741. The van der Waals surface area contributed by atoms with Gasteiger partial charge in [0.25, 0.3) is 0 Å². The van der Waals surface area contributed by atoms with Gasteiger partial charge in [0.2, 0.25) is 0 Å². The van der Waals surface area contributed by atoms with Crippen molar-refractivity contribution in [1.29, 1.82) is 0 Å². The van der Waals surface area contributed by atoms with Crippen molar-refractivity contribution in [3.63, 3.8) is 0 Å². The lowest BCUT2D eigenvalue weighted by atomic mass is 10.2. The minimum atomic E-state index is 0.170. The van der Waals surface area contributed by atoms with Gasteiger partial charge in [-0.3, -0.25) is 0 Å². The van der Waals surface area contributed by atoms with Crippen molar-refractivity contribution in [3.05, 3.63) is 29.8 Å². The SMILES string of the molecule is CCOC(CN)CCN(C)Cc1ccc(OC)cc1. The van der Waals surface area contributed by atoms with E-state index in [9.17, 15) is 0 Å². The zero-order valence-electron chi connectivity index (χ0n) is 12.3. The van der Waals surface area contributed by atoms with Crippen LogP contribution in [0.1, 0.15) is 18.9 Å². The van der Waals surface area contributed by atoms with Crippen LogP contribution in [0.4, 0.5) is 0 Å². The zero-order valence-corrected chi connectivity index (χ0v) is 12.3. The number of hydrogen-bond acceptors (Lipinski definition) is 4. The molecule has 1 aromatic rings. The highest BCUT2D eigenvalue weighted by molar-refractivity contribution is 5.26. The molecule has 4 nitrogen and oxygen atoms in total. The minimum Gasteiger partial charge on any atom is -0.497 e. The number of rotatable bonds is 9. The molecule has 0 fully saturated rings. The van der Waals surface area contributed by atoms with Gasteiger partial charge in [-0.2, -0.15) is 0 Å². The highest BCUT2D eigenvalue weighted by Crippen LogP contribution is 2.12. The zero-order chi connectivity index (χ0) is 14.1. The molecule has 1 atom stereocenters. The molecule has 0 spiro atoms. The number of ether oxygens (including phenoxy) is 2. The summed E-state index contributed by atoms with van der Waals surface area (Å²) in [5, 5.41) is 0. The molecule has 0 heterocycles. The predicted octanol–water partition coefficient (Wildman–Crippen LogP) is 1.88. The van der Waals surface area contributed by atoms with Crippen molar-refractivity contribution in [2.75, 3.05) is 33.9 Å². The van der Waals surface area contributed by atoms with Crippen molar-refractivity contribution in [3.8, 4) is 5.75 Å². The monoisotopic (exact) mass is 266 g/mol. The van der Waals surface area contributed by atoms with Crippen LogP contribution in [-0.2, 0) is 11.3 Å². The van der Waals surface area contributed by atoms with E-state index in [0.29, 0.717) is 6.54 Å². The van der Waals surface area contributed by atoms with Gasteiger partial charge >= 0.3 is 0 Å². The van der Waals surface area contributed by atoms with Gasteiger partial charge in [-0.05, 0) is 38.1 Å². The van der Waals surface area contributed by atoms with Crippen molar-refractivity contribution in [2.24, 2.45) is 5.73 Å². The highest BCUT2D eigenvalue weighted by atomic mass is 16.5. The Balaban J connectivity index is 2.35. The number of hydrogen-bond donors (Lipinski definition) is 1. The van der Waals surface area contributed by atoms with Crippen molar-refractivity contribution in [1.82, 2.24) is 4.90 Å². The Hall–Kier alpha value is -1.10. The van der Waals surface area contributed by atoms with Gasteiger partial charge in [0.05, 0.1) is 13.2 Å². The maximum absolute atomic E-state index is 5.67. The first kappa shape index (κ1) is 16.0. The largest absolute Gasteiger partial charge is 0.497 e. The van der Waals surface area contributed by atoms with Gasteiger partial charge in [0.15, 0.2) is 0 Å². The maximum Gasteiger partial charge on any atom is 0.118 e. The lowest BCUT2D eigenvalue weighted by Crippen LogP contribution is -2.29. The first-order chi connectivity index (χ1) is 9.19. The van der Waals surface area contributed by atoms with Gasteiger partial charge in [-0.25, -0.2) is 0 Å². The maximum atomic E-state index is 5.67. The lowest BCUT2D eigenvalue weighted by molar-refractivity contribution is 0.0559. The van der Waals surface area contributed by atoms with E-state index in [1.165, 1.54) is 5.56 Å². The number of methoxy groups -OCH3 is 1. The topological polar surface area (TPSA) is 47.7 Å². The molecule has 1 unspecified atom stereocenters. The third kappa shape index (κ3) is 6.05. The molecule has 0 aliphatic carbocycles. The third-order valence-corrected chi connectivity index (χ3v) is 3.11. The number of nitrogens with two attached hydrogens (primary N) is 1. The summed E-state index contributed by atoms with van der Waals surface area (Å²) in [5.74, 6) is 0.894. The molecule has 19 heavy (non-hydrogen) atoms. The second kappa shape index (κ2) is 8.91. The summed E-state index contributed by atoms with van der Waals surface area (Å²) in [6.07, 6.45) is 1.14. The molecule has 0 saturated carbocycles. The van der Waals surface area contributed by atoms with E-state index in [0.717, 1.165) is 31.9 Å². The van der Waals surface area contributed by atoms with Crippen LogP contribution < -0.4 is 10.5 Å². The van der Waals surface area contributed by atoms with Crippen LogP contribution in [0.15, 0.2) is 24.3 Å². The number of benzene rings is 1. The lowest BCUT2D eigenvalue weighted by Gasteiger charge is -2.21. The van der Waals surface area contributed by atoms with Crippen LogP contribution in [0.25, 0.3) is 0 Å². The van der Waals surface area contributed by atoms with E-state index in [4.69, 9.17) is 15.2 Å². The Kier molecular flexibility index (Phi) is 7.48. The average molecular weight is 266 g/mol. The minimum absolute atomic E-state index is 0.170. The van der Waals surface area contributed by atoms with Crippen LogP contribution in [0.5, 0.6) is 5.75 Å². The third-order valence-electron chi connectivity index (χ3n) is 3.11. The predicted molar refractivity (Wildman–Crippen MR) is 78.4 cm³/mol. The molecule has 0 aromatic heterocycles. The molecule has 1 rings (SSSR count). The highest BCUT2D eigenvalue weighted by Gasteiger charge is 2.08. The normalized spacial score (nSPS) is 12.7. The van der Waals surface area contributed by atoms with Crippen LogP contribution in [0, 0.1) is 0 Å². The van der Waals surface area contributed by atoms with E-state index in [1.54, 1.807) is 7.11 Å². The molecule has 0 bridgehead atoms. The molecule has 4 heteroatoms. The van der Waals surface area contributed by atoms with Gasteiger partial charge in [0.1, 0.15) is 5.75 Å². The fourth-order valence-electron chi connectivity index (χ4n) is 1.99. The average Bonchev–Trinajstić information content (AvgIpc) is 2.44. The van der Waals surface area contributed by atoms with Gasteiger partial charge in [0, 0.05) is 26.2 Å². The van der Waals surface area contributed by atoms with Gasteiger partial charge in [-0.1, -0.05) is 12.1 Å². The second-order valence-electron chi connectivity index (χ2n) is 4.69. The fraction of sp³-hybridized carbons (Fsp3) is 0.600. The van der Waals surface area contributed by atoms with Gasteiger partial charge in [-0.15, -0.1) is 0 Å². The van der Waals surface area contributed by atoms with Crippen molar-refractivity contribution in [2.45, 2.75) is 26.0 Å². The van der Waals surface area contributed by atoms with Crippen LogP contribution in [0.2, 0.25) is 0 Å². The standard InChI is InChI=1S/C15H26N2O2/c1-4-19-15(11-16)9-10-17(2)12-13-5-7-14(18-3)8-6-13/h5-8,15H,4,9-12,16H2,1-3H3. The molecule has 108 valence electrons. The Bertz CT molecular complexity index is 341. The van der Waals surface area contributed by atoms with E-state index >= 15 is 0 Å². The Morgan fingerprint density at radius 3 is 2.47 bits per heavy atom. The first-order valence-electron chi connectivity index (χ1n) is 6.82. The van der Waals surface area contributed by atoms with Crippen LogP contribution in [0.3, 0.4) is 0 Å². The second-order valence-corrected chi connectivity index (χ2v) is 4.69. The molecule has 0 amide bonds. The first-order valence-corrected chi connectivity index (χ1v) is 6.82. The molecular weight excluding hydrogens is 240 g/mol. The van der Waals surface area contributed by atoms with Crippen LogP contribution >= 0.6 is 0 Å². The van der Waals surface area contributed by atoms with E-state index in [1.807, 2.05) is 19.1 Å². The summed E-state index contributed by atoms with van der Waals surface area (Å²) in [5.41, 5.74) is 6.95. The smallest absolute Gasteiger partial charge is 0.118 e. The van der Waals surface area contributed by atoms with Gasteiger partial charge < -0.3 is 20.1 Å². The fourth-order valence-corrected chi connectivity index (χ4v) is 1.99. The molecule has 2 N–H and O–H groups in total. The van der Waals surface area contributed by atoms with Crippen molar-refractivity contribution < 1.29 is 9.47 Å². The van der Waals surface area contributed by atoms with Crippen molar-refractivity contribution >= 4 is 0 Å². The Morgan fingerprint density at radius 2 is 1.95 bits per heavy atom. The van der Waals surface area contributed by atoms with E-state index in [-0.39, 0.29) is 6.10 Å². The summed E-state index contributed by atoms with van der Waals surface area (Å²) >= 11 is 0. The van der Waals surface area contributed by atoms with Crippen LogP contribution in [-0.4, -0.2) is 44.9 Å². The summed E-state index contributed by atoms with van der Waals surface area (Å²) in [6, 6.07) is 8.18. The molecule has 0 saturated heterocycles.